The molecule has 1 amide bonds. The Labute approximate surface area is 344 Å². The molecule has 4 heteroatoms. The van der Waals surface area contributed by atoms with E-state index in [1.54, 1.807) is 6.08 Å². The summed E-state index contributed by atoms with van der Waals surface area (Å²) in [5, 5.41) is 23.1. The zero-order valence-electron chi connectivity index (χ0n) is 37.2. The van der Waals surface area contributed by atoms with Crippen LogP contribution in [0.15, 0.2) is 36.5 Å². The maximum atomic E-state index is 12.4. The smallest absolute Gasteiger partial charge is 0.220 e. The van der Waals surface area contributed by atoms with Gasteiger partial charge in [-0.1, -0.05) is 249 Å². The highest BCUT2D eigenvalue weighted by atomic mass is 16.3. The van der Waals surface area contributed by atoms with Crippen molar-refractivity contribution in [3.05, 3.63) is 36.5 Å². The summed E-state index contributed by atoms with van der Waals surface area (Å²) in [6.07, 6.45) is 62.7. The maximum Gasteiger partial charge on any atom is 0.220 e. The second-order valence-corrected chi connectivity index (χ2v) is 16.9. The molecule has 0 spiro atoms. The Morgan fingerprint density at radius 2 is 0.727 bits per heavy atom. The van der Waals surface area contributed by atoms with Crippen molar-refractivity contribution >= 4 is 5.91 Å². The SMILES string of the molecule is CCCCC/C=C\C=C/CCCCCCCCCCCCC(=O)NC(CO)C(O)/C=C/CCCCCCCCCCCCCCCCCCCCCCCC. The lowest BCUT2D eigenvalue weighted by atomic mass is 10.0. The van der Waals surface area contributed by atoms with E-state index in [0.717, 1.165) is 25.7 Å². The molecule has 0 aromatic rings. The Bertz CT molecular complexity index is 836. The zero-order valence-corrected chi connectivity index (χ0v) is 37.2. The van der Waals surface area contributed by atoms with Crippen LogP contribution in [0, 0.1) is 0 Å². The van der Waals surface area contributed by atoms with Crippen LogP contribution in [0.1, 0.15) is 264 Å². The first kappa shape index (κ1) is 53.6. The minimum Gasteiger partial charge on any atom is -0.394 e. The summed E-state index contributed by atoms with van der Waals surface area (Å²) < 4.78 is 0. The fraction of sp³-hybridized carbons (Fsp3) is 0.863. The molecule has 0 heterocycles. The summed E-state index contributed by atoms with van der Waals surface area (Å²) in [7, 11) is 0. The van der Waals surface area contributed by atoms with E-state index in [1.807, 2.05) is 6.08 Å². The molecule has 4 nitrogen and oxygen atoms in total. The van der Waals surface area contributed by atoms with E-state index in [4.69, 9.17) is 0 Å². The number of amides is 1. The molecule has 0 bridgehead atoms. The average molecular weight is 772 g/mol. The summed E-state index contributed by atoms with van der Waals surface area (Å²) in [6, 6.07) is -0.624. The van der Waals surface area contributed by atoms with Crippen LogP contribution >= 0.6 is 0 Å². The maximum absolute atomic E-state index is 12.4. The van der Waals surface area contributed by atoms with Gasteiger partial charge in [-0.3, -0.25) is 4.79 Å². The predicted octanol–water partition coefficient (Wildman–Crippen LogP) is 15.7. The van der Waals surface area contributed by atoms with Crippen molar-refractivity contribution in [2.45, 2.75) is 276 Å². The number of rotatable bonds is 45. The average Bonchev–Trinajstić information content (AvgIpc) is 3.19. The number of carbonyl (C=O) groups is 1. The largest absolute Gasteiger partial charge is 0.394 e. The van der Waals surface area contributed by atoms with Gasteiger partial charge in [0.2, 0.25) is 5.91 Å². The van der Waals surface area contributed by atoms with E-state index < -0.39 is 12.1 Å². The molecule has 0 aromatic heterocycles. The van der Waals surface area contributed by atoms with E-state index in [-0.39, 0.29) is 12.5 Å². The molecule has 0 aliphatic carbocycles. The molecular formula is C51H97NO3. The summed E-state index contributed by atoms with van der Waals surface area (Å²) >= 11 is 0. The third kappa shape index (κ3) is 43.6. The lowest BCUT2D eigenvalue weighted by Gasteiger charge is -2.20. The molecule has 0 aliphatic heterocycles. The van der Waals surface area contributed by atoms with Crippen LogP contribution in [0.2, 0.25) is 0 Å². The van der Waals surface area contributed by atoms with Crippen molar-refractivity contribution in [1.82, 2.24) is 5.32 Å². The van der Waals surface area contributed by atoms with Gasteiger partial charge in [-0.05, 0) is 44.9 Å². The van der Waals surface area contributed by atoms with Gasteiger partial charge in [0, 0.05) is 6.42 Å². The van der Waals surface area contributed by atoms with Crippen LogP contribution in [0.5, 0.6) is 0 Å². The highest BCUT2D eigenvalue weighted by molar-refractivity contribution is 5.76. The van der Waals surface area contributed by atoms with Crippen molar-refractivity contribution < 1.29 is 15.0 Å². The third-order valence-electron chi connectivity index (χ3n) is 11.4. The molecule has 0 rings (SSSR count). The minimum absolute atomic E-state index is 0.0658. The molecule has 3 N–H and O–H groups in total. The first-order valence-electron chi connectivity index (χ1n) is 24.7. The van der Waals surface area contributed by atoms with Gasteiger partial charge in [0.05, 0.1) is 18.8 Å². The first-order chi connectivity index (χ1) is 27.2. The molecule has 2 unspecified atom stereocenters. The molecule has 55 heavy (non-hydrogen) atoms. The van der Waals surface area contributed by atoms with Crippen LogP contribution in [-0.4, -0.2) is 34.9 Å². The Kier molecular flexibility index (Phi) is 45.8. The normalized spacial score (nSPS) is 13.2. The van der Waals surface area contributed by atoms with E-state index in [0.29, 0.717) is 6.42 Å². The van der Waals surface area contributed by atoms with E-state index in [2.05, 4.69) is 43.5 Å². The summed E-state index contributed by atoms with van der Waals surface area (Å²) in [6.45, 7) is 4.30. The van der Waals surface area contributed by atoms with Crippen molar-refractivity contribution in [2.75, 3.05) is 6.61 Å². The second-order valence-electron chi connectivity index (χ2n) is 16.9. The molecule has 0 aromatic carbocycles. The zero-order chi connectivity index (χ0) is 40.0. The van der Waals surface area contributed by atoms with Crippen molar-refractivity contribution in [1.29, 1.82) is 0 Å². The Morgan fingerprint density at radius 1 is 0.436 bits per heavy atom. The minimum atomic E-state index is -0.840. The molecule has 2 atom stereocenters. The van der Waals surface area contributed by atoms with Gasteiger partial charge in [-0.2, -0.15) is 0 Å². The van der Waals surface area contributed by atoms with Gasteiger partial charge in [0.1, 0.15) is 0 Å². The third-order valence-corrected chi connectivity index (χ3v) is 11.4. The Hall–Kier alpha value is -1.39. The van der Waals surface area contributed by atoms with Crippen LogP contribution in [0.25, 0.3) is 0 Å². The van der Waals surface area contributed by atoms with Gasteiger partial charge in [-0.15, -0.1) is 0 Å². The van der Waals surface area contributed by atoms with E-state index in [9.17, 15) is 15.0 Å². The summed E-state index contributed by atoms with van der Waals surface area (Å²) in [5.74, 6) is -0.0658. The number of hydrogen-bond donors (Lipinski definition) is 3. The fourth-order valence-electron chi connectivity index (χ4n) is 7.58. The van der Waals surface area contributed by atoms with Crippen molar-refractivity contribution in [3.63, 3.8) is 0 Å². The summed E-state index contributed by atoms with van der Waals surface area (Å²) in [4.78, 5) is 12.4. The molecule has 324 valence electrons. The molecule has 0 fully saturated rings. The Morgan fingerprint density at radius 3 is 1.09 bits per heavy atom. The number of nitrogens with one attached hydrogen (secondary N) is 1. The van der Waals surface area contributed by atoms with Gasteiger partial charge >= 0.3 is 0 Å². The second kappa shape index (κ2) is 47.0. The van der Waals surface area contributed by atoms with Crippen LogP contribution < -0.4 is 5.32 Å². The van der Waals surface area contributed by atoms with E-state index >= 15 is 0 Å². The Balaban J connectivity index is 3.52. The quantitative estimate of drug-likeness (QED) is 0.0328. The van der Waals surface area contributed by atoms with Crippen LogP contribution in [0.3, 0.4) is 0 Å². The highest BCUT2D eigenvalue weighted by Gasteiger charge is 2.18. The van der Waals surface area contributed by atoms with Gasteiger partial charge in [0.25, 0.3) is 0 Å². The molecule has 0 saturated heterocycles. The standard InChI is InChI=1S/C51H97NO3/c1-3-5-7-9-11-13-15-17-19-21-23-24-25-26-27-29-30-32-34-36-38-40-42-44-46-50(54)49(48-53)52-51(55)47-45-43-41-39-37-35-33-31-28-22-20-18-16-14-12-10-8-6-4-2/h12,14,16,18,44,46,49-50,53-54H,3-11,13,15,17,19-43,45,47-48H2,1-2H3,(H,52,55)/b14-12-,18-16-,46-44+. The molecule has 0 saturated carbocycles. The number of carbonyl (C=O) groups excluding carboxylic acids is 1. The molecule has 0 radical (unpaired) electrons. The van der Waals surface area contributed by atoms with Crippen molar-refractivity contribution in [3.8, 4) is 0 Å². The number of unbranched alkanes of at least 4 members (excludes halogenated alkanes) is 35. The van der Waals surface area contributed by atoms with Crippen molar-refractivity contribution in [2.24, 2.45) is 0 Å². The predicted molar refractivity (Wildman–Crippen MR) is 244 cm³/mol. The summed E-state index contributed by atoms with van der Waals surface area (Å²) in [5.41, 5.74) is 0. The number of aliphatic hydroxyl groups is 2. The van der Waals surface area contributed by atoms with Gasteiger partial charge < -0.3 is 15.5 Å². The van der Waals surface area contributed by atoms with Gasteiger partial charge in [0.15, 0.2) is 0 Å². The molecular weight excluding hydrogens is 675 g/mol. The van der Waals surface area contributed by atoms with Gasteiger partial charge in [-0.25, -0.2) is 0 Å². The van der Waals surface area contributed by atoms with E-state index in [1.165, 1.54) is 218 Å². The lowest BCUT2D eigenvalue weighted by Crippen LogP contribution is -2.45. The molecule has 0 aliphatic rings. The lowest BCUT2D eigenvalue weighted by molar-refractivity contribution is -0.123. The monoisotopic (exact) mass is 772 g/mol. The van der Waals surface area contributed by atoms with Crippen LogP contribution in [-0.2, 0) is 4.79 Å². The number of aliphatic hydroxyl groups excluding tert-OH is 2. The number of allylic oxidation sites excluding steroid dienone is 5. The highest BCUT2D eigenvalue weighted by Crippen LogP contribution is 2.16. The topological polar surface area (TPSA) is 69.6 Å². The fourth-order valence-corrected chi connectivity index (χ4v) is 7.58. The van der Waals surface area contributed by atoms with Crippen LogP contribution in [0.4, 0.5) is 0 Å². The first-order valence-corrected chi connectivity index (χ1v) is 24.7. The number of hydrogen-bond acceptors (Lipinski definition) is 3.